The fourth-order valence-corrected chi connectivity index (χ4v) is 2.97. The largest absolute Gasteiger partial charge is 0.384 e. The second kappa shape index (κ2) is 5.60. The van der Waals surface area contributed by atoms with Gasteiger partial charge < -0.3 is 11.5 Å². The molecule has 9 heteroatoms. The van der Waals surface area contributed by atoms with Gasteiger partial charge in [-0.1, -0.05) is 0 Å². The number of nitrogen functional groups attached to an aromatic ring is 2. The van der Waals surface area contributed by atoms with Crippen molar-refractivity contribution in [2.24, 2.45) is 5.73 Å². The molecule has 1 aromatic carbocycles. The maximum absolute atomic E-state index is 13.4. The van der Waals surface area contributed by atoms with Crippen molar-refractivity contribution in [3.05, 3.63) is 47.4 Å². The fourth-order valence-electron chi connectivity index (χ4n) is 1.82. The molecular weight excluding hydrogens is 309 g/mol. The van der Waals surface area contributed by atoms with Gasteiger partial charge in [0.15, 0.2) is 0 Å². The number of sulfonamides is 1. The van der Waals surface area contributed by atoms with E-state index in [0.717, 1.165) is 6.07 Å². The zero-order valence-electron chi connectivity index (χ0n) is 11.6. The molecule has 0 aliphatic carbocycles. The van der Waals surface area contributed by atoms with Gasteiger partial charge >= 0.3 is 0 Å². The van der Waals surface area contributed by atoms with Crippen molar-refractivity contribution in [3.63, 3.8) is 0 Å². The minimum absolute atomic E-state index is 0.0112. The van der Waals surface area contributed by atoms with E-state index in [1.54, 1.807) is 6.92 Å². The third-order valence-electron chi connectivity index (χ3n) is 2.79. The van der Waals surface area contributed by atoms with Gasteiger partial charge in [-0.2, -0.15) is 0 Å². The van der Waals surface area contributed by atoms with E-state index in [4.69, 9.17) is 16.9 Å². The van der Waals surface area contributed by atoms with Crippen LogP contribution >= 0.6 is 0 Å². The quantitative estimate of drug-likeness (QED) is 0.495. The second-order valence-electron chi connectivity index (χ2n) is 4.64. The Morgan fingerprint density at radius 1 is 1.32 bits per heavy atom. The van der Waals surface area contributed by atoms with Gasteiger partial charge in [0.2, 0.25) is 0 Å². The smallest absolute Gasteiger partial charge is 0.262 e. The maximum atomic E-state index is 13.4. The lowest BCUT2D eigenvalue weighted by Crippen LogP contribution is -2.17. The van der Waals surface area contributed by atoms with Crippen molar-refractivity contribution in [3.8, 4) is 0 Å². The molecule has 22 heavy (non-hydrogen) atoms. The summed E-state index contributed by atoms with van der Waals surface area (Å²) in [7, 11) is -4.00. The van der Waals surface area contributed by atoms with E-state index in [-0.39, 0.29) is 27.8 Å². The summed E-state index contributed by atoms with van der Waals surface area (Å²) >= 11 is 0. The van der Waals surface area contributed by atoms with Crippen LogP contribution in [0.15, 0.2) is 35.4 Å². The number of aromatic nitrogens is 1. The molecular formula is C13H14FN5O2S. The van der Waals surface area contributed by atoms with Crippen LogP contribution in [0.4, 0.5) is 15.9 Å². The number of hydrogen-bond donors (Lipinski definition) is 4. The number of nitrogens with one attached hydrogen (secondary N) is 2. The summed E-state index contributed by atoms with van der Waals surface area (Å²) in [6.07, 6.45) is 1.19. The number of rotatable bonds is 4. The van der Waals surface area contributed by atoms with E-state index in [0.29, 0.717) is 5.56 Å². The number of hydrogen-bond acceptors (Lipinski definition) is 5. The Balaban J connectivity index is 2.41. The zero-order valence-corrected chi connectivity index (χ0v) is 12.4. The molecule has 2 aromatic rings. The highest BCUT2D eigenvalue weighted by Crippen LogP contribution is 2.20. The number of pyridine rings is 1. The predicted octanol–water partition coefficient (Wildman–Crippen LogP) is 1.20. The molecule has 0 spiro atoms. The van der Waals surface area contributed by atoms with Gasteiger partial charge in [0.25, 0.3) is 10.0 Å². The lowest BCUT2D eigenvalue weighted by Gasteiger charge is -2.10. The number of benzene rings is 1. The van der Waals surface area contributed by atoms with Crippen LogP contribution in [0.25, 0.3) is 0 Å². The van der Waals surface area contributed by atoms with Crippen LogP contribution in [-0.4, -0.2) is 19.2 Å². The van der Waals surface area contributed by atoms with Gasteiger partial charge in [-0.3, -0.25) is 10.1 Å². The Morgan fingerprint density at radius 2 is 2.00 bits per heavy atom. The van der Waals surface area contributed by atoms with E-state index in [1.807, 2.05) is 0 Å². The Bertz CT molecular complexity index is 831. The minimum Gasteiger partial charge on any atom is -0.384 e. The molecule has 0 unspecified atom stereocenters. The summed E-state index contributed by atoms with van der Waals surface area (Å²) in [4.78, 5) is 3.55. The highest BCUT2D eigenvalue weighted by atomic mass is 32.2. The molecule has 0 aliphatic heterocycles. The van der Waals surface area contributed by atoms with E-state index in [2.05, 4.69) is 9.71 Å². The van der Waals surface area contributed by atoms with Crippen molar-refractivity contribution < 1.29 is 12.8 Å². The topological polar surface area (TPSA) is 135 Å². The van der Waals surface area contributed by atoms with Gasteiger partial charge in [0.05, 0.1) is 22.3 Å². The normalized spacial score (nSPS) is 11.2. The van der Waals surface area contributed by atoms with Gasteiger partial charge in [0, 0.05) is 0 Å². The molecule has 0 amide bonds. The fraction of sp³-hybridized carbons (Fsp3) is 0.0769. The number of nitrogens with two attached hydrogens (primary N) is 2. The van der Waals surface area contributed by atoms with Gasteiger partial charge in [-0.05, 0) is 36.8 Å². The van der Waals surface area contributed by atoms with Crippen LogP contribution in [0.1, 0.15) is 11.1 Å². The van der Waals surface area contributed by atoms with E-state index < -0.39 is 15.8 Å². The maximum Gasteiger partial charge on any atom is 0.262 e. The van der Waals surface area contributed by atoms with Crippen LogP contribution in [0.5, 0.6) is 0 Å². The molecule has 116 valence electrons. The zero-order chi connectivity index (χ0) is 16.5. The van der Waals surface area contributed by atoms with Crippen molar-refractivity contribution in [2.75, 3.05) is 10.5 Å². The molecule has 0 radical (unpaired) electrons. The Hall–Kier alpha value is -2.68. The summed E-state index contributed by atoms with van der Waals surface area (Å²) in [5.41, 5.74) is 11.5. The molecule has 0 atom stereocenters. The van der Waals surface area contributed by atoms with Crippen LogP contribution in [0.3, 0.4) is 0 Å². The molecule has 2 rings (SSSR count). The summed E-state index contributed by atoms with van der Waals surface area (Å²) in [5.74, 6) is -0.982. The SMILES string of the molecule is Cc1cc(F)cc(S(=O)(=O)Nc2cnc(N)c(C(=N)N)c2)c1. The van der Waals surface area contributed by atoms with E-state index in [9.17, 15) is 12.8 Å². The van der Waals surface area contributed by atoms with E-state index >= 15 is 0 Å². The molecule has 0 aliphatic rings. The van der Waals surface area contributed by atoms with Gasteiger partial charge in [0.1, 0.15) is 17.5 Å². The molecule has 0 saturated heterocycles. The number of aryl methyl sites for hydroxylation is 1. The summed E-state index contributed by atoms with van der Waals surface area (Å²) in [6.45, 7) is 1.58. The lowest BCUT2D eigenvalue weighted by atomic mass is 10.2. The van der Waals surface area contributed by atoms with Crippen LogP contribution < -0.4 is 16.2 Å². The average molecular weight is 323 g/mol. The highest BCUT2D eigenvalue weighted by Gasteiger charge is 2.17. The average Bonchev–Trinajstić information content (AvgIpc) is 2.39. The van der Waals surface area contributed by atoms with Crippen molar-refractivity contribution in [1.29, 1.82) is 5.41 Å². The number of anilines is 2. The lowest BCUT2D eigenvalue weighted by molar-refractivity contribution is 0.594. The molecule has 1 heterocycles. The molecule has 0 bridgehead atoms. The van der Waals surface area contributed by atoms with Gasteiger partial charge in [-0.25, -0.2) is 17.8 Å². The first-order valence-corrected chi connectivity index (χ1v) is 7.57. The first-order valence-electron chi connectivity index (χ1n) is 6.09. The van der Waals surface area contributed by atoms with Crippen molar-refractivity contribution in [1.82, 2.24) is 4.98 Å². The monoisotopic (exact) mass is 323 g/mol. The van der Waals surface area contributed by atoms with Crippen molar-refractivity contribution in [2.45, 2.75) is 11.8 Å². The number of nitrogens with zero attached hydrogens (tertiary/aromatic N) is 1. The second-order valence-corrected chi connectivity index (χ2v) is 6.32. The molecule has 6 N–H and O–H groups in total. The predicted molar refractivity (Wildman–Crippen MR) is 81.6 cm³/mol. The molecule has 7 nitrogen and oxygen atoms in total. The summed E-state index contributed by atoms with van der Waals surface area (Å²) < 4.78 is 40.1. The first-order chi connectivity index (χ1) is 10.2. The van der Waals surface area contributed by atoms with Gasteiger partial charge in [-0.15, -0.1) is 0 Å². The van der Waals surface area contributed by atoms with Crippen LogP contribution in [0, 0.1) is 18.2 Å². The van der Waals surface area contributed by atoms with E-state index in [1.165, 1.54) is 24.4 Å². The van der Waals surface area contributed by atoms with Crippen LogP contribution in [0.2, 0.25) is 0 Å². The molecule has 0 fully saturated rings. The molecule has 0 saturated carbocycles. The Labute approximate surface area is 126 Å². The standard InChI is InChI=1S/C13H14FN5O2S/c1-7-2-8(14)4-10(3-7)22(20,21)19-9-5-11(12(15)16)13(17)18-6-9/h2-6,19H,1H3,(H3,15,16)(H2,17,18). The van der Waals surface area contributed by atoms with Crippen LogP contribution in [-0.2, 0) is 10.0 Å². The first kappa shape index (κ1) is 15.7. The molecule has 1 aromatic heterocycles. The van der Waals surface area contributed by atoms with Crippen molar-refractivity contribution >= 4 is 27.4 Å². The Morgan fingerprint density at radius 3 is 2.59 bits per heavy atom. The summed E-state index contributed by atoms with van der Waals surface area (Å²) in [5, 5.41) is 7.36. The summed E-state index contributed by atoms with van der Waals surface area (Å²) in [6, 6.07) is 4.75. The Kier molecular flexibility index (Phi) is 4.00. The third-order valence-corrected chi connectivity index (χ3v) is 4.15. The number of halogens is 1. The highest BCUT2D eigenvalue weighted by molar-refractivity contribution is 7.92. The minimum atomic E-state index is -4.00. The number of amidine groups is 1. The third kappa shape index (κ3) is 3.31.